The quantitative estimate of drug-likeness (QED) is 0.549. The molecule has 6 nitrogen and oxygen atoms in total. The van der Waals surface area contributed by atoms with Crippen LogP contribution in [0, 0.1) is 0 Å². The zero-order chi connectivity index (χ0) is 9.26. The number of nitrogens with zero attached hydrogens (tertiary/aromatic N) is 3. The van der Waals surface area contributed by atoms with E-state index in [1.165, 1.54) is 12.4 Å². The lowest BCUT2D eigenvalue weighted by Crippen LogP contribution is -2.22. The lowest BCUT2D eigenvalue weighted by molar-refractivity contribution is -0.123. The van der Waals surface area contributed by atoms with E-state index in [0.29, 0.717) is 0 Å². The second-order valence-electron chi connectivity index (χ2n) is 2.34. The van der Waals surface area contributed by atoms with Crippen molar-refractivity contribution in [1.29, 1.82) is 0 Å². The maximum Gasteiger partial charge on any atom is 0.262 e. The third-order valence-corrected chi connectivity index (χ3v) is 1.48. The van der Waals surface area contributed by atoms with Gasteiger partial charge in [0.25, 0.3) is 11.8 Å². The Labute approximate surface area is 72.7 Å². The van der Waals surface area contributed by atoms with Crippen LogP contribution >= 0.6 is 0 Å². The number of amides is 2. The Hall–Kier alpha value is -2.11. The number of carbonyl (C=O) groups is 2. The highest BCUT2D eigenvalue weighted by atomic mass is 16.2. The molecule has 0 radical (unpaired) electrons. The summed E-state index contributed by atoms with van der Waals surface area (Å²) in [5, 5.41) is 9.23. The Morgan fingerprint density at radius 2 is 2.08 bits per heavy atom. The van der Waals surface area contributed by atoms with Gasteiger partial charge in [-0.1, -0.05) is 0 Å². The Kier molecular flexibility index (Phi) is 1.59. The van der Waals surface area contributed by atoms with Crippen molar-refractivity contribution in [2.24, 2.45) is 0 Å². The molecule has 0 atom stereocenters. The molecule has 1 aromatic heterocycles. The first kappa shape index (κ1) is 7.53. The molecule has 2 heterocycles. The van der Waals surface area contributed by atoms with Crippen LogP contribution in [-0.2, 0) is 9.59 Å². The molecule has 0 spiro atoms. The fourth-order valence-corrected chi connectivity index (χ4v) is 0.949. The van der Waals surface area contributed by atoms with Crippen LogP contribution in [-0.4, -0.2) is 27.0 Å². The number of carbonyl (C=O) groups excluding carboxylic acids is 2. The number of aromatic nitrogens is 3. The normalized spacial score (nSPS) is 15.5. The van der Waals surface area contributed by atoms with Gasteiger partial charge in [0.1, 0.15) is 0 Å². The van der Waals surface area contributed by atoms with Gasteiger partial charge in [-0.05, 0) is 0 Å². The van der Waals surface area contributed by atoms with Crippen molar-refractivity contribution in [2.75, 3.05) is 0 Å². The van der Waals surface area contributed by atoms with Crippen molar-refractivity contribution < 1.29 is 9.59 Å². The highest BCUT2D eigenvalue weighted by Gasteiger charge is 2.24. The summed E-state index contributed by atoms with van der Waals surface area (Å²) in [7, 11) is 0. The van der Waals surface area contributed by atoms with E-state index >= 15 is 0 Å². The van der Waals surface area contributed by atoms with Gasteiger partial charge in [0.15, 0.2) is 5.82 Å². The van der Waals surface area contributed by atoms with Gasteiger partial charge in [-0.2, -0.15) is 5.10 Å². The van der Waals surface area contributed by atoms with Crippen LogP contribution in [0.1, 0.15) is 5.82 Å². The molecule has 0 aliphatic carbocycles. The van der Waals surface area contributed by atoms with Gasteiger partial charge >= 0.3 is 0 Å². The molecule has 0 fully saturated rings. The molecule has 1 aromatic rings. The second-order valence-corrected chi connectivity index (χ2v) is 2.34. The number of imide groups is 1. The molecule has 0 aromatic carbocycles. The summed E-state index contributed by atoms with van der Waals surface area (Å²) in [6.07, 6.45) is 3.94. The molecular formula is C7H4N4O2. The van der Waals surface area contributed by atoms with E-state index in [4.69, 9.17) is 0 Å². The lowest BCUT2D eigenvalue weighted by Gasteiger charge is -1.94. The van der Waals surface area contributed by atoms with Crippen molar-refractivity contribution >= 4 is 17.4 Å². The molecule has 13 heavy (non-hydrogen) atoms. The van der Waals surface area contributed by atoms with Gasteiger partial charge in [-0.3, -0.25) is 14.9 Å². The SMILES string of the molecule is O=C1C=C(c2nccnn2)C(=O)N1. The topological polar surface area (TPSA) is 84.8 Å². The third-order valence-electron chi connectivity index (χ3n) is 1.48. The standard InChI is InChI=1S/C7H4N4O2/c12-5-3-4(7(13)10-5)6-8-1-2-9-11-6/h1-3H,(H,10,12,13). The summed E-state index contributed by atoms with van der Waals surface area (Å²) in [6.45, 7) is 0. The number of hydrogen-bond donors (Lipinski definition) is 1. The van der Waals surface area contributed by atoms with Crippen molar-refractivity contribution in [3.05, 3.63) is 24.3 Å². The summed E-state index contributed by atoms with van der Waals surface area (Å²) in [4.78, 5) is 25.6. The molecule has 1 aliphatic heterocycles. The van der Waals surface area contributed by atoms with E-state index in [2.05, 4.69) is 20.5 Å². The van der Waals surface area contributed by atoms with Crippen LogP contribution in [0.5, 0.6) is 0 Å². The van der Waals surface area contributed by atoms with E-state index in [1.54, 1.807) is 0 Å². The molecular weight excluding hydrogens is 172 g/mol. The van der Waals surface area contributed by atoms with Crippen molar-refractivity contribution in [1.82, 2.24) is 20.5 Å². The van der Waals surface area contributed by atoms with Gasteiger partial charge in [0, 0.05) is 12.3 Å². The summed E-state index contributed by atoms with van der Waals surface area (Å²) < 4.78 is 0. The Balaban J connectivity index is 2.43. The highest BCUT2D eigenvalue weighted by molar-refractivity contribution is 6.32. The molecule has 0 saturated heterocycles. The molecule has 1 N–H and O–H groups in total. The van der Waals surface area contributed by atoms with Crippen LogP contribution in [0.15, 0.2) is 18.5 Å². The van der Waals surface area contributed by atoms with Crippen LogP contribution < -0.4 is 5.32 Å². The Morgan fingerprint density at radius 3 is 2.62 bits per heavy atom. The van der Waals surface area contributed by atoms with Gasteiger partial charge in [0.05, 0.1) is 11.8 Å². The van der Waals surface area contributed by atoms with E-state index in [9.17, 15) is 9.59 Å². The smallest absolute Gasteiger partial charge is 0.262 e. The molecule has 2 rings (SSSR count). The van der Waals surface area contributed by atoms with E-state index in [-0.39, 0.29) is 11.4 Å². The Morgan fingerprint density at radius 1 is 1.23 bits per heavy atom. The molecule has 0 unspecified atom stereocenters. The molecule has 6 heteroatoms. The summed E-state index contributed by atoms with van der Waals surface area (Å²) in [5.74, 6) is -0.781. The first-order chi connectivity index (χ1) is 6.27. The van der Waals surface area contributed by atoms with Crippen LogP contribution in [0.3, 0.4) is 0 Å². The van der Waals surface area contributed by atoms with Crippen molar-refractivity contribution in [3.63, 3.8) is 0 Å². The average Bonchev–Trinajstić information content (AvgIpc) is 2.47. The van der Waals surface area contributed by atoms with E-state index < -0.39 is 11.8 Å². The number of rotatable bonds is 1. The summed E-state index contributed by atoms with van der Waals surface area (Å²) in [6, 6.07) is 0. The van der Waals surface area contributed by atoms with E-state index in [0.717, 1.165) is 6.08 Å². The lowest BCUT2D eigenvalue weighted by atomic mass is 10.2. The Bertz CT molecular complexity index is 398. The minimum absolute atomic E-state index is 0.151. The highest BCUT2D eigenvalue weighted by Crippen LogP contribution is 2.11. The van der Waals surface area contributed by atoms with Crippen molar-refractivity contribution in [3.8, 4) is 0 Å². The van der Waals surface area contributed by atoms with Crippen LogP contribution in [0.25, 0.3) is 5.57 Å². The molecule has 0 bridgehead atoms. The maximum atomic E-state index is 11.1. The van der Waals surface area contributed by atoms with Gasteiger partial charge in [0.2, 0.25) is 0 Å². The monoisotopic (exact) mass is 176 g/mol. The number of hydrogen-bond acceptors (Lipinski definition) is 5. The largest absolute Gasteiger partial charge is 0.289 e. The second kappa shape index (κ2) is 2.74. The van der Waals surface area contributed by atoms with Crippen LogP contribution in [0.4, 0.5) is 0 Å². The van der Waals surface area contributed by atoms with Gasteiger partial charge in [-0.25, -0.2) is 4.98 Å². The fourth-order valence-electron chi connectivity index (χ4n) is 0.949. The predicted molar refractivity (Wildman–Crippen MR) is 41.0 cm³/mol. The van der Waals surface area contributed by atoms with Gasteiger partial charge < -0.3 is 0 Å². The third kappa shape index (κ3) is 1.28. The maximum absolute atomic E-state index is 11.1. The first-order valence-electron chi connectivity index (χ1n) is 3.48. The fraction of sp³-hybridized carbons (Fsp3) is 0. The summed E-state index contributed by atoms with van der Waals surface area (Å²) >= 11 is 0. The van der Waals surface area contributed by atoms with Crippen LogP contribution in [0.2, 0.25) is 0 Å². The summed E-state index contributed by atoms with van der Waals surface area (Å²) in [5.41, 5.74) is 0.151. The average molecular weight is 176 g/mol. The predicted octanol–water partition coefficient (Wildman–Crippen LogP) is -1.09. The molecule has 64 valence electrons. The molecule has 1 aliphatic rings. The van der Waals surface area contributed by atoms with Gasteiger partial charge in [-0.15, -0.1) is 5.10 Å². The minimum atomic E-state index is -0.488. The zero-order valence-corrected chi connectivity index (χ0v) is 6.39. The minimum Gasteiger partial charge on any atom is -0.289 e. The van der Waals surface area contributed by atoms with E-state index in [1.807, 2.05) is 0 Å². The van der Waals surface area contributed by atoms with Crippen molar-refractivity contribution in [2.45, 2.75) is 0 Å². The molecule has 2 amide bonds. The molecule has 0 saturated carbocycles. The first-order valence-corrected chi connectivity index (χ1v) is 3.48. The number of nitrogens with one attached hydrogen (secondary N) is 1. The zero-order valence-electron chi connectivity index (χ0n) is 6.39.